The number of phenols is 1. The van der Waals surface area contributed by atoms with Crippen LogP contribution < -0.4 is 4.74 Å². The number of hydrogen-bond acceptors (Lipinski definition) is 5. The molecule has 4 aromatic rings. The number of rotatable bonds is 5. The number of benzene rings is 3. The van der Waals surface area contributed by atoms with Gasteiger partial charge in [0.25, 0.3) is 0 Å². The number of carbonyl (C=O) groups excluding carboxylic acids is 1. The van der Waals surface area contributed by atoms with Crippen LogP contribution in [0.15, 0.2) is 78.0 Å². The lowest BCUT2D eigenvalue weighted by Gasteiger charge is -2.13. The van der Waals surface area contributed by atoms with E-state index in [9.17, 15) is 28.0 Å². The monoisotopic (exact) mass is 469 g/mol. The number of phenolic OH excluding ortho intramolecular Hbond substituents is 1. The summed E-state index contributed by atoms with van der Waals surface area (Å²) in [7, 11) is 0. The number of amides is 1. The highest BCUT2D eigenvalue weighted by atomic mass is 32.1. The fourth-order valence-corrected chi connectivity index (χ4v) is 4.43. The van der Waals surface area contributed by atoms with E-state index in [-0.39, 0.29) is 21.9 Å². The van der Waals surface area contributed by atoms with Crippen molar-refractivity contribution in [3.8, 4) is 27.7 Å². The Kier molecular flexibility index (Phi) is 5.97. The Bertz CT molecular complexity index is 1370. The Morgan fingerprint density at radius 2 is 1.76 bits per heavy atom. The molecule has 0 bridgehead atoms. The fourth-order valence-electron chi connectivity index (χ4n) is 3.23. The quantitative estimate of drug-likeness (QED) is 0.244. The number of thiophene rings is 1. The molecule has 0 spiro atoms. The fraction of sp³-hybridized carbons (Fsp3) is 0.0417. The molecule has 1 aromatic heterocycles. The molecule has 1 N–H and O–H groups in total. The summed E-state index contributed by atoms with van der Waals surface area (Å²) in [5.74, 6) is -0.349. The smallest absolute Gasteiger partial charge is 0.417 e. The Labute approximate surface area is 189 Å². The summed E-state index contributed by atoms with van der Waals surface area (Å²) in [6, 6.07) is 16.1. The van der Waals surface area contributed by atoms with Gasteiger partial charge in [0, 0.05) is 26.9 Å². The Hall–Kier alpha value is -3.98. The number of carbonyl (C=O) groups is 1. The maximum Gasteiger partial charge on any atom is 0.417 e. The molecular formula is C24H14F3NO4S. The number of fused-ring (bicyclic) bond motifs is 1. The predicted octanol–water partition coefficient (Wildman–Crippen LogP) is 7.39. The SMILES string of the molecule is O=NC(=O)/C=C/c1ccc(Oc2c(-c3ccccc3C(F)(F)F)sc3cc(O)ccc23)cc1. The van der Waals surface area contributed by atoms with E-state index in [1.807, 2.05) is 0 Å². The van der Waals surface area contributed by atoms with E-state index in [1.165, 1.54) is 36.4 Å². The van der Waals surface area contributed by atoms with Gasteiger partial charge in [-0.15, -0.1) is 16.2 Å². The highest BCUT2D eigenvalue weighted by Gasteiger charge is 2.35. The lowest BCUT2D eigenvalue weighted by molar-refractivity contribution is -0.137. The molecule has 1 heterocycles. The second kappa shape index (κ2) is 8.87. The lowest BCUT2D eigenvalue weighted by atomic mass is 10.0. The number of ether oxygens (including phenoxy) is 1. The van der Waals surface area contributed by atoms with E-state index < -0.39 is 17.6 Å². The minimum atomic E-state index is -4.56. The van der Waals surface area contributed by atoms with Crippen molar-refractivity contribution >= 4 is 33.4 Å². The van der Waals surface area contributed by atoms with Crippen molar-refractivity contribution in [2.24, 2.45) is 5.18 Å². The third kappa shape index (κ3) is 4.78. The molecule has 4 rings (SSSR count). The van der Waals surface area contributed by atoms with Crippen LogP contribution in [0.4, 0.5) is 13.2 Å². The molecular weight excluding hydrogens is 455 g/mol. The minimum absolute atomic E-state index is 0.0125. The van der Waals surface area contributed by atoms with E-state index in [2.05, 4.69) is 5.18 Å². The standard InChI is InChI=1S/C24H14F3NO4S/c25-24(26,27)19-4-2-1-3-17(19)23-22(18-11-8-15(29)13-20(18)33-23)32-16-9-5-14(6-10-16)7-12-21(30)28-31/h1-13,29H/b12-7+. The van der Waals surface area contributed by atoms with Crippen molar-refractivity contribution in [2.75, 3.05) is 0 Å². The molecule has 0 saturated carbocycles. The zero-order chi connectivity index (χ0) is 23.6. The number of nitroso groups, excluding NO2 is 1. The molecule has 0 unspecified atom stereocenters. The van der Waals surface area contributed by atoms with Gasteiger partial charge in [0.15, 0.2) is 5.75 Å². The van der Waals surface area contributed by atoms with Crippen LogP contribution in [0.3, 0.4) is 0 Å². The number of halogens is 3. The second-order valence-corrected chi connectivity index (χ2v) is 7.97. The van der Waals surface area contributed by atoms with E-state index in [0.717, 1.165) is 23.5 Å². The first-order valence-corrected chi connectivity index (χ1v) is 10.3. The molecule has 3 aromatic carbocycles. The van der Waals surface area contributed by atoms with Gasteiger partial charge in [0.05, 0.1) is 10.4 Å². The molecule has 0 fully saturated rings. The molecule has 0 aliphatic heterocycles. The van der Waals surface area contributed by atoms with Crippen molar-refractivity contribution in [3.63, 3.8) is 0 Å². The Morgan fingerprint density at radius 3 is 2.45 bits per heavy atom. The zero-order valence-electron chi connectivity index (χ0n) is 16.7. The van der Waals surface area contributed by atoms with Crippen LogP contribution in [0.2, 0.25) is 0 Å². The first-order valence-electron chi connectivity index (χ1n) is 9.51. The molecule has 0 radical (unpaired) electrons. The molecule has 0 aliphatic carbocycles. The van der Waals surface area contributed by atoms with Crippen molar-refractivity contribution < 1.29 is 27.8 Å². The van der Waals surface area contributed by atoms with E-state index in [0.29, 0.717) is 21.4 Å². The number of hydrogen-bond donors (Lipinski definition) is 1. The van der Waals surface area contributed by atoms with Crippen LogP contribution in [-0.2, 0) is 11.0 Å². The summed E-state index contributed by atoms with van der Waals surface area (Å²) in [4.78, 5) is 21.4. The highest BCUT2D eigenvalue weighted by Crippen LogP contribution is 2.50. The van der Waals surface area contributed by atoms with Gasteiger partial charge in [-0.05, 0) is 48.0 Å². The molecule has 9 heteroatoms. The van der Waals surface area contributed by atoms with Crippen LogP contribution in [0.25, 0.3) is 26.6 Å². The number of nitrogens with zero attached hydrogens (tertiary/aromatic N) is 1. The van der Waals surface area contributed by atoms with Crippen molar-refractivity contribution in [2.45, 2.75) is 6.18 Å². The summed E-state index contributed by atoms with van der Waals surface area (Å²) in [6.45, 7) is 0. The second-order valence-electron chi connectivity index (χ2n) is 6.92. The predicted molar refractivity (Wildman–Crippen MR) is 120 cm³/mol. The maximum atomic E-state index is 13.7. The summed E-state index contributed by atoms with van der Waals surface area (Å²) < 4.78 is 47.6. The number of aromatic hydroxyl groups is 1. The Morgan fingerprint density at radius 1 is 1.03 bits per heavy atom. The van der Waals surface area contributed by atoms with E-state index >= 15 is 0 Å². The summed E-state index contributed by atoms with van der Waals surface area (Å²) in [5.41, 5.74) is -0.221. The van der Waals surface area contributed by atoms with Gasteiger partial charge in [-0.25, -0.2) is 0 Å². The van der Waals surface area contributed by atoms with Crippen LogP contribution in [0.1, 0.15) is 11.1 Å². The molecule has 1 amide bonds. The summed E-state index contributed by atoms with van der Waals surface area (Å²) in [5, 5.41) is 12.7. The van der Waals surface area contributed by atoms with Gasteiger partial charge in [-0.1, -0.05) is 30.3 Å². The van der Waals surface area contributed by atoms with Crippen molar-refractivity contribution in [3.05, 3.63) is 88.8 Å². The normalized spacial score (nSPS) is 11.7. The van der Waals surface area contributed by atoms with Crippen molar-refractivity contribution in [1.82, 2.24) is 0 Å². The van der Waals surface area contributed by atoms with E-state index in [4.69, 9.17) is 4.74 Å². The van der Waals surface area contributed by atoms with Gasteiger partial charge in [0.2, 0.25) is 0 Å². The van der Waals surface area contributed by atoms with Crippen LogP contribution >= 0.6 is 11.3 Å². The third-order valence-corrected chi connectivity index (χ3v) is 5.88. The van der Waals surface area contributed by atoms with E-state index in [1.54, 1.807) is 30.3 Å². The first kappa shape index (κ1) is 22.2. The zero-order valence-corrected chi connectivity index (χ0v) is 17.5. The van der Waals surface area contributed by atoms with Gasteiger partial charge in [0.1, 0.15) is 11.5 Å². The molecule has 33 heavy (non-hydrogen) atoms. The van der Waals surface area contributed by atoms with Crippen LogP contribution in [0.5, 0.6) is 17.2 Å². The molecule has 0 aliphatic rings. The lowest BCUT2D eigenvalue weighted by Crippen LogP contribution is -2.06. The minimum Gasteiger partial charge on any atom is -0.508 e. The molecule has 0 atom stereocenters. The topological polar surface area (TPSA) is 76.0 Å². The summed E-state index contributed by atoms with van der Waals surface area (Å²) in [6.07, 6.45) is -2.14. The van der Waals surface area contributed by atoms with Gasteiger partial charge in [-0.2, -0.15) is 13.2 Å². The van der Waals surface area contributed by atoms with Crippen molar-refractivity contribution in [1.29, 1.82) is 0 Å². The largest absolute Gasteiger partial charge is 0.508 e. The molecule has 166 valence electrons. The third-order valence-electron chi connectivity index (χ3n) is 4.71. The van der Waals surface area contributed by atoms with Crippen LogP contribution in [-0.4, -0.2) is 11.0 Å². The Balaban J connectivity index is 1.79. The maximum absolute atomic E-state index is 13.7. The van der Waals surface area contributed by atoms with Gasteiger partial charge < -0.3 is 9.84 Å². The van der Waals surface area contributed by atoms with Gasteiger partial charge >= 0.3 is 12.1 Å². The molecule has 5 nitrogen and oxygen atoms in total. The summed E-state index contributed by atoms with van der Waals surface area (Å²) >= 11 is 1.08. The van der Waals surface area contributed by atoms with Gasteiger partial charge in [-0.3, -0.25) is 4.79 Å². The van der Waals surface area contributed by atoms with Crippen LogP contribution in [0, 0.1) is 4.91 Å². The average molecular weight is 469 g/mol. The number of alkyl halides is 3. The molecule has 0 saturated heterocycles. The first-order chi connectivity index (χ1) is 15.8. The highest BCUT2D eigenvalue weighted by molar-refractivity contribution is 7.22. The average Bonchev–Trinajstić information content (AvgIpc) is 3.14.